The molecule has 8 heteroatoms. The van der Waals surface area contributed by atoms with Crippen LogP contribution in [0.15, 0.2) is 120 Å². The van der Waals surface area contributed by atoms with Crippen molar-refractivity contribution in [3.05, 3.63) is 131 Å². The second-order valence-corrected chi connectivity index (χ2v) is 11.3. The number of rotatable bonds is 6. The first kappa shape index (κ1) is 25.8. The van der Waals surface area contributed by atoms with Crippen molar-refractivity contribution in [2.45, 2.75) is 0 Å². The molecule has 0 unspecified atom stereocenters. The Hall–Kier alpha value is -5.18. The highest BCUT2D eigenvalue weighted by atomic mass is 32.1. The summed E-state index contributed by atoms with van der Waals surface area (Å²) in [7, 11) is 0. The van der Waals surface area contributed by atoms with Gasteiger partial charge in [-0.2, -0.15) is 0 Å². The summed E-state index contributed by atoms with van der Waals surface area (Å²) in [5, 5.41) is 15.1. The second-order valence-electron chi connectivity index (χ2n) is 9.61. The molecule has 0 radical (unpaired) electrons. The van der Waals surface area contributed by atoms with Crippen LogP contribution in [0.2, 0.25) is 0 Å². The Morgan fingerprint density at radius 1 is 0.500 bits per heavy atom. The van der Waals surface area contributed by atoms with Crippen LogP contribution in [0.5, 0.6) is 0 Å². The third-order valence-electron chi connectivity index (χ3n) is 6.99. The van der Waals surface area contributed by atoms with Gasteiger partial charge in [-0.25, -0.2) is 9.97 Å². The topological polar surface area (TPSA) is 84.0 Å². The lowest BCUT2D eigenvalue weighted by Gasteiger charge is -2.05. The maximum Gasteiger partial charge on any atom is 0.257 e. The average Bonchev–Trinajstić information content (AvgIpc) is 3.70. The van der Waals surface area contributed by atoms with Crippen molar-refractivity contribution in [1.82, 2.24) is 9.97 Å². The molecule has 2 amide bonds. The predicted molar refractivity (Wildman–Crippen MR) is 172 cm³/mol. The van der Waals surface area contributed by atoms with Crippen molar-refractivity contribution in [2.75, 3.05) is 10.6 Å². The number of nitrogens with one attached hydrogen (secondary N) is 2. The molecule has 6 nitrogen and oxygen atoms in total. The van der Waals surface area contributed by atoms with Gasteiger partial charge in [-0.15, -0.1) is 22.7 Å². The minimum atomic E-state index is -0.291. The van der Waals surface area contributed by atoms with Gasteiger partial charge in [-0.05, 0) is 45.8 Å². The monoisotopic (exact) mass is 582 g/mol. The van der Waals surface area contributed by atoms with Crippen LogP contribution in [0.4, 0.5) is 10.3 Å². The normalized spacial score (nSPS) is 11.0. The molecule has 0 atom stereocenters. The molecule has 42 heavy (non-hydrogen) atoms. The van der Waals surface area contributed by atoms with Crippen LogP contribution >= 0.6 is 22.7 Å². The summed E-state index contributed by atoms with van der Waals surface area (Å²) in [4.78, 5) is 35.1. The third kappa shape index (κ3) is 5.05. The van der Waals surface area contributed by atoms with E-state index in [4.69, 9.17) is 0 Å². The van der Waals surface area contributed by atoms with Crippen LogP contribution in [0.25, 0.3) is 44.1 Å². The van der Waals surface area contributed by atoms with Crippen molar-refractivity contribution in [3.8, 4) is 22.5 Å². The van der Waals surface area contributed by atoms with E-state index in [0.717, 1.165) is 44.1 Å². The zero-order valence-electron chi connectivity index (χ0n) is 22.1. The van der Waals surface area contributed by atoms with Crippen LogP contribution in [0.3, 0.4) is 0 Å². The Balaban J connectivity index is 1.02. The van der Waals surface area contributed by atoms with Crippen molar-refractivity contribution >= 4 is 66.3 Å². The summed E-state index contributed by atoms with van der Waals surface area (Å²) < 4.78 is 0. The molecule has 2 N–H and O–H groups in total. The molecule has 2 heterocycles. The first-order chi connectivity index (χ1) is 20.6. The highest BCUT2D eigenvalue weighted by molar-refractivity contribution is 7.14. The van der Waals surface area contributed by atoms with Crippen LogP contribution in [0.1, 0.15) is 20.7 Å². The molecule has 0 fully saturated rings. The van der Waals surface area contributed by atoms with E-state index in [1.165, 1.54) is 22.7 Å². The number of anilines is 2. The summed E-state index contributed by atoms with van der Waals surface area (Å²) >= 11 is 2.75. The van der Waals surface area contributed by atoms with Gasteiger partial charge in [0.15, 0.2) is 10.3 Å². The number of hydrogen-bond donors (Lipinski definition) is 2. The Morgan fingerprint density at radius 2 is 0.905 bits per heavy atom. The van der Waals surface area contributed by atoms with Crippen molar-refractivity contribution in [2.24, 2.45) is 0 Å². The van der Waals surface area contributed by atoms with Crippen LogP contribution < -0.4 is 10.6 Å². The van der Waals surface area contributed by atoms with Gasteiger partial charge in [0.1, 0.15) is 0 Å². The number of thiazole rings is 2. The van der Waals surface area contributed by atoms with E-state index < -0.39 is 0 Å². The Bertz CT molecular complexity index is 1940. The summed E-state index contributed by atoms with van der Waals surface area (Å²) in [5.41, 5.74) is 4.52. The third-order valence-corrected chi connectivity index (χ3v) is 8.51. The number of hydrogen-bond acceptors (Lipinski definition) is 6. The highest BCUT2D eigenvalue weighted by Crippen LogP contribution is 2.32. The Kier molecular flexibility index (Phi) is 6.75. The fourth-order valence-corrected chi connectivity index (χ4v) is 6.33. The standard InChI is InChI=1S/C34H22N4O2S2/c39-31(37-33-35-29(19-41-33)27-13-5-9-21-7-1-3-11-25(21)27)23-15-17-24(18-16-23)32(40)38-34-36-30(20-42-34)28-14-6-10-22-8-2-4-12-26(22)28/h1-20H,(H,35,37,39)(H,36,38,40). The van der Waals surface area contributed by atoms with Gasteiger partial charge in [0, 0.05) is 33.0 Å². The molecular weight excluding hydrogens is 561 g/mol. The molecular formula is C34H22N4O2S2. The molecule has 7 aromatic rings. The van der Waals surface area contributed by atoms with Crippen LogP contribution in [-0.4, -0.2) is 21.8 Å². The average molecular weight is 583 g/mol. The molecule has 0 aliphatic carbocycles. The zero-order valence-corrected chi connectivity index (χ0v) is 23.7. The van der Waals surface area contributed by atoms with E-state index in [9.17, 15) is 9.59 Å². The summed E-state index contributed by atoms with van der Waals surface area (Å²) in [6.07, 6.45) is 0. The number of carbonyl (C=O) groups is 2. The maximum absolute atomic E-state index is 12.9. The summed E-state index contributed by atoms with van der Waals surface area (Å²) in [5.74, 6) is -0.583. The fourth-order valence-electron chi connectivity index (χ4n) is 4.92. The van der Waals surface area contributed by atoms with Gasteiger partial charge in [-0.3, -0.25) is 20.2 Å². The molecule has 2 aromatic heterocycles. The smallest absolute Gasteiger partial charge is 0.257 e. The molecule has 0 bridgehead atoms. The number of aromatic nitrogens is 2. The van der Waals surface area contributed by atoms with Gasteiger partial charge >= 0.3 is 0 Å². The Morgan fingerprint density at radius 3 is 1.36 bits per heavy atom. The number of fused-ring (bicyclic) bond motifs is 2. The van der Waals surface area contributed by atoms with Gasteiger partial charge in [-0.1, -0.05) is 84.9 Å². The van der Waals surface area contributed by atoms with E-state index >= 15 is 0 Å². The second kappa shape index (κ2) is 11.0. The van der Waals surface area contributed by atoms with E-state index in [1.54, 1.807) is 24.3 Å². The molecule has 5 aromatic carbocycles. The van der Waals surface area contributed by atoms with Gasteiger partial charge in [0.25, 0.3) is 11.8 Å². The lowest BCUT2D eigenvalue weighted by atomic mass is 10.0. The molecule has 202 valence electrons. The van der Waals surface area contributed by atoms with Crippen molar-refractivity contribution in [1.29, 1.82) is 0 Å². The first-order valence-corrected chi connectivity index (χ1v) is 15.0. The molecule has 0 saturated heterocycles. The molecule has 0 aliphatic rings. The van der Waals surface area contributed by atoms with E-state index in [1.807, 2.05) is 59.3 Å². The molecule has 7 rings (SSSR count). The SMILES string of the molecule is O=C(Nc1nc(-c2cccc3ccccc23)cs1)c1ccc(C(=O)Nc2nc(-c3cccc4ccccc34)cs2)cc1. The zero-order chi connectivity index (χ0) is 28.5. The number of nitrogens with zero attached hydrogens (tertiary/aromatic N) is 2. The summed E-state index contributed by atoms with van der Waals surface area (Å²) in [6, 6.07) is 35.0. The quantitative estimate of drug-likeness (QED) is 0.205. The fraction of sp³-hybridized carbons (Fsp3) is 0. The van der Waals surface area contributed by atoms with Gasteiger partial charge < -0.3 is 0 Å². The lowest BCUT2D eigenvalue weighted by Crippen LogP contribution is -2.14. The minimum Gasteiger partial charge on any atom is -0.298 e. The minimum absolute atomic E-state index is 0.291. The van der Waals surface area contributed by atoms with E-state index in [2.05, 4.69) is 57.0 Å². The van der Waals surface area contributed by atoms with Crippen LogP contribution in [-0.2, 0) is 0 Å². The van der Waals surface area contributed by atoms with Gasteiger partial charge in [0.2, 0.25) is 0 Å². The molecule has 0 spiro atoms. The maximum atomic E-state index is 12.9. The van der Waals surface area contributed by atoms with E-state index in [-0.39, 0.29) is 11.8 Å². The van der Waals surface area contributed by atoms with Crippen molar-refractivity contribution in [3.63, 3.8) is 0 Å². The first-order valence-electron chi connectivity index (χ1n) is 13.2. The number of carbonyl (C=O) groups excluding carboxylic acids is 2. The summed E-state index contributed by atoms with van der Waals surface area (Å²) in [6.45, 7) is 0. The molecule has 0 aliphatic heterocycles. The Labute approximate surface area is 249 Å². The highest BCUT2D eigenvalue weighted by Gasteiger charge is 2.15. The number of amides is 2. The van der Waals surface area contributed by atoms with E-state index in [0.29, 0.717) is 21.4 Å². The predicted octanol–water partition coefficient (Wildman–Crippen LogP) is 8.74. The largest absolute Gasteiger partial charge is 0.298 e. The van der Waals surface area contributed by atoms with Crippen molar-refractivity contribution < 1.29 is 9.59 Å². The van der Waals surface area contributed by atoms with Crippen LogP contribution in [0, 0.1) is 0 Å². The number of benzene rings is 5. The lowest BCUT2D eigenvalue weighted by molar-refractivity contribution is 0.101. The molecule has 0 saturated carbocycles. The van der Waals surface area contributed by atoms with Gasteiger partial charge in [0.05, 0.1) is 11.4 Å².